The third-order valence-corrected chi connectivity index (χ3v) is 4.86. The highest BCUT2D eigenvalue weighted by Gasteiger charge is 2.29. The molecule has 6 nitrogen and oxygen atoms in total. The van der Waals surface area contributed by atoms with Crippen LogP contribution in [0, 0.1) is 17.1 Å². The molecule has 7 heteroatoms. The molecule has 0 bridgehead atoms. The second kappa shape index (κ2) is 7.61. The number of halogens is 1. The molecular weight excluding hydrogens is 359 g/mol. The Morgan fingerprint density at radius 2 is 1.93 bits per heavy atom. The summed E-state index contributed by atoms with van der Waals surface area (Å²) in [6.45, 7) is 1.15. The van der Waals surface area contributed by atoms with Crippen LogP contribution < -0.4 is 0 Å². The smallest absolute Gasteiger partial charge is 0.253 e. The first-order valence-corrected chi connectivity index (χ1v) is 9.03. The van der Waals surface area contributed by atoms with E-state index in [4.69, 9.17) is 9.78 Å². The number of benzene rings is 2. The van der Waals surface area contributed by atoms with Crippen LogP contribution >= 0.6 is 0 Å². The van der Waals surface area contributed by atoms with Gasteiger partial charge in [0.15, 0.2) is 0 Å². The predicted octanol–water partition coefficient (Wildman–Crippen LogP) is 3.77. The van der Waals surface area contributed by atoms with Crippen molar-refractivity contribution in [3.8, 4) is 17.5 Å². The average Bonchev–Trinajstić information content (AvgIpc) is 3.24. The van der Waals surface area contributed by atoms with E-state index < -0.39 is 0 Å². The maximum absolute atomic E-state index is 13.1. The van der Waals surface area contributed by atoms with E-state index in [1.54, 1.807) is 41.3 Å². The van der Waals surface area contributed by atoms with Crippen molar-refractivity contribution in [2.45, 2.75) is 18.8 Å². The molecule has 1 saturated heterocycles. The Morgan fingerprint density at radius 1 is 1.18 bits per heavy atom. The summed E-state index contributed by atoms with van der Waals surface area (Å²) in [6, 6.07) is 14.6. The molecule has 0 aliphatic carbocycles. The van der Waals surface area contributed by atoms with Gasteiger partial charge in [-0.15, -0.1) is 0 Å². The maximum atomic E-state index is 13.1. The van der Waals surface area contributed by atoms with Crippen LogP contribution in [0.3, 0.4) is 0 Å². The van der Waals surface area contributed by atoms with Crippen LogP contribution in [-0.2, 0) is 0 Å². The summed E-state index contributed by atoms with van der Waals surface area (Å²) in [5.41, 5.74) is 1.75. The van der Waals surface area contributed by atoms with Gasteiger partial charge in [0, 0.05) is 24.2 Å². The molecule has 1 unspecified atom stereocenters. The second-order valence-electron chi connectivity index (χ2n) is 6.74. The van der Waals surface area contributed by atoms with Crippen molar-refractivity contribution in [2.24, 2.45) is 0 Å². The number of rotatable bonds is 3. The van der Waals surface area contributed by atoms with Crippen LogP contribution in [0.15, 0.2) is 53.1 Å². The van der Waals surface area contributed by atoms with Gasteiger partial charge < -0.3 is 9.42 Å². The number of piperidine rings is 1. The van der Waals surface area contributed by atoms with Crippen LogP contribution in [0.25, 0.3) is 11.4 Å². The SMILES string of the molecule is N#Cc1ccc(C(=O)N2CCCC(c3nc(-c4ccc(F)cc4)no3)C2)cc1. The summed E-state index contributed by atoms with van der Waals surface area (Å²) in [6.07, 6.45) is 1.68. The van der Waals surface area contributed by atoms with Gasteiger partial charge in [-0.3, -0.25) is 4.79 Å². The lowest BCUT2D eigenvalue weighted by Gasteiger charge is -2.31. The summed E-state index contributed by atoms with van der Waals surface area (Å²) in [7, 11) is 0. The van der Waals surface area contributed by atoms with E-state index in [0.717, 1.165) is 12.8 Å². The molecule has 3 aromatic rings. The van der Waals surface area contributed by atoms with E-state index in [0.29, 0.717) is 41.5 Å². The minimum atomic E-state index is -0.322. The van der Waals surface area contributed by atoms with Gasteiger partial charge in [-0.2, -0.15) is 10.2 Å². The molecule has 140 valence electrons. The lowest BCUT2D eigenvalue weighted by molar-refractivity contribution is 0.0695. The molecule has 0 spiro atoms. The van der Waals surface area contributed by atoms with E-state index in [1.165, 1.54) is 12.1 Å². The van der Waals surface area contributed by atoms with Crippen molar-refractivity contribution in [1.29, 1.82) is 5.26 Å². The Labute approximate surface area is 161 Å². The molecule has 0 saturated carbocycles. The molecule has 1 atom stereocenters. The van der Waals surface area contributed by atoms with Gasteiger partial charge in [0.05, 0.1) is 17.6 Å². The quantitative estimate of drug-likeness (QED) is 0.695. The van der Waals surface area contributed by atoms with Crippen molar-refractivity contribution < 1.29 is 13.7 Å². The van der Waals surface area contributed by atoms with Crippen LogP contribution in [0.4, 0.5) is 4.39 Å². The van der Waals surface area contributed by atoms with Gasteiger partial charge in [-0.25, -0.2) is 4.39 Å². The highest BCUT2D eigenvalue weighted by Crippen LogP contribution is 2.28. The second-order valence-corrected chi connectivity index (χ2v) is 6.74. The number of hydrogen-bond donors (Lipinski definition) is 0. The summed E-state index contributed by atoms with van der Waals surface area (Å²) in [4.78, 5) is 19.0. The Hall–Kier alpha value is -3.53. The monoisotopic (exact) mass is 376 g/mol. The zero-order valence-electron chi connectivity index (χ0n) is 15.0. The molecule has 4 rings (SSSR count). The zero-order valence-corrected chi connectivity index (χ0v) is 15.0. The number of hydrogen-bond acceptors (Lipinski definition) is 5. The van der Waals surface area contributed by atoms with Gasteiger partial charge in [0.2, 0.25) is 11.7 Å². The molecule has 2 heterocycles. The number of aromatic nitrogens is 2. The Balaban J connectivity index is 1.48. The first-order valence-electron chi connectivity index (χ1n) is 9.03. The van der Waals surface area contributed by atoms with Crippen molar-refractivity contribution in [2.75, 3.05) is 13.1 Å². The molecule has 0 N–H and O–H groups in total. The highest BCUT2D eigenvalue weighted by atomic mass is 19.1. The molecule has 1 fully saturated rings. The van der Waals surface area contributed by atoms with Crippen molar-refractivity contribution in [1.82, 2.24) is 15.0 Å². The molecule has 1 amide bonds. The molecule has 1 aromatic heterocycles. The minimum absolute atomic E-state index is 0.0437. The standard InChI is InChI=1S/C21H17FN4O2/c22-18-9-7-15(8-10-18)19-24-20(28-25-19)17-2-1-11-26(13-17)21(27)16-5-3-14(12-23)4-6-16/h3-10,17H,1-2,11,13H2. The number of likely N-dealkylation sites (tertiary alicyclic amines) is 1. The fraction of sp³-hybridized carbons (Fsp3) is 0.238. The van der Waals surface area contributed by atoms with Gasteiger partial charge >= 0.3 is 0 Å². The molecular formula is C21H17FN4O2. The van der Waals surface area contributed by atoms with Crippen LogP contribution in [0.5, 0.6) is 0 Å². The Morgan fingerprint density at radius 3 is 2.64 bits per heavy atom. The van der Waals surface area contributed by atoms with Crippen LogP contribution in [-0.4, -0.2) is 34.0 Å². The largest absolute Gasteiger partial charge is 0.339 e. The highest BCUT2D eigenvalue weighted by molar-refractivity contribution is 5.94. The number of nitrogens with zero attached hydrogens (tertiary/aromatic N) is 4. The fourth-order valence-corrected chi connectivity index (χ4v) is 3.35. The van der Waals surface area contributed by atoms with Crippen molar-refractivity contribution in [3.05, 3.63) is 71.4 Å². The first kappa shape index (κ1) is 17.9. The van der Waals surface area contributed by atoms with E-state index in [2.05, 4.69) is 10.1 Å². The zero-order chi connectivity index (χ0) is 19.5. The van der Waals surface area contributed by atoms with Gasteiger partial charge in [-0.1, -0.05) is 5.16 Å². The third kappa shape index (κ3) is 3.62. The summed E-state index contributed by atoms with van der Waals surface area (Å²) < 4.78 is 18.5. The van der Waals surface area contributed by atoms with E-state index in [1.807, 2.05) is 6.07 Å². The minimum Gasteiger partial charge on any atom is -0.339 e. The van der Waals surface area contributed by atoms with Gasteiger partial charge in [0.25, 0.3) is 5.91 Å². The maximum Gasteiger partial charge on any atom is 0.253 e. The molecule has 1 aliphatic heterocycles. The lowest BCUT2D eigenvalue weighted by Crippen LogP contribution is -2.39. The van der Waals surface area contributed by atoms with Gasteiger partial charge in [0.1, 0.15) is 5.82 Å². The van der Waals surface area contributed by atoms with E-state index in [-0.39, 0.29) is 17.6 Å². The number of nitriles is 1. The van der Waals surface area contributed by atoms with Crippen LogP contribution in [0.1, 0.15) is 40.6 Å². The number of carbonyl (C=O) groups excluding carboxylic acids is 1. The third-order valence-electron chi connectivity index (χ3n) is 4.86. The molecule has 0 radical (unpaired) electrons. The summed E-state index contributed by atoms with van der Waals surface area (Å²) >= 11 is 0. The number of carbonyl (C=O) groups is 1. The molecule has 1 aliphatic rings. The topological polar surface area (TPSA) is 83.0 Å². The van der Waals surface area contributed by atoms with Crippen molar-refractivity contribution in [3.63, 3.8) is 0 Å². The molecule has 28 heavy (non-hydrogen) atoms. The Kier molecular flexibility index (Phi) is 4.85. The summed E-state index contributed by atoms with van der Waals surface area (Å²) in [5.74, 6) is 0.448. The van der Waals surface area contributed by atoms with E-state index >= 15 is 0 Å². The molecule has 2 aromatic carbocycles. The predicted molar refractivity (Wildman–Crippen MR) is 98.7 cm³/mol. The van der Waals surface area contributed by atoms with E-state index in [9.17, 15) is 9.18 Å². The first-order chi connectivity index (χ1) is 13.6. The normalized spacial score (nSPS) is 16.6. The average molecular weight is 376 g/mol. The number of amides is 1. The fourth-order valence-electron chi connectivity index (χ4n) is 3.35. The van der Waals surface area contributed by atoms with Crippen molar-refractivity contribution >= 4 is 5.91 Å². The summed E-state index contributed by atoms with van der Waals surface area (Å²) in [5, 5.41) is 12.9. The Bertz CT molecular complexity index is 1020. The van der Waals surface area contributed by atoms with Crippen LogP contribution in [0.2, 0.25) is 0 Å². The van der Waals surface area contributed by atoms with Gasteiger partial charge in [-0.05, 0) is 61.4 Å². The lowest BCUT2D eigenvalue weighted by atomic mass is 9.97.